The highest BCUT2D eigenvalue weighted by Crippen LogP contribution is 2.45. The minimum absolute atomic E-state index is 0.198. The van der Waals surface area contributed by atoms with Gasteiger partial charge in [0.25, 0.3) is 0 Å². The lowest BCUT2D eigenvalue weighted by atomic mass is 9.86. The third-order valence-corrected chi connectivity index (χ3v) is 4.77. The quantitative estimate of drug-likeness (QED) is 0.903. The van der Waals surface area contributed by atoms with Crippen LogP contribution in [0.4, 0.5) is 0 Å². The Hall–Kier alpha value is -0.930. The third-order valence-electron chi connectivity index (χ3n) is 4.77. The second-order valence-electron chi connectivity index (χ2n) is 7.05. The van der Waals surface area contributed by atoms with E-state index in [2.05, 4.69) is 48.1 Å². The SMILES string of the molecule is CC1(C)CN(Cc2ccccn2)C(C)(C2CC2)CN1. The van der Waals surface area contributed by atoms with E-state index in [4.69, 9.17) is 0 Å². The molecule has 1 aromatic heterocycles. The number of hydrogen-bond acceptors (Lipinski definition) is 3. The number of pyridine rings is 1. The molecule has 0 amide bonds. The molecule has 1 N–H and O–H groups in total. The number of rotatable bonds is 3. The average Bonchev–Trinajstić information content (AvgIpc) is 3.20. The molecule has 1 saturated heterocycles. The largest absolute Gasteiger partial charge is 0.309 e. The molecule has 2 heterocycles. The van der Waals surface area contributed by atoms with Crippen LogP contribution in [-0.2, 0) is 6.54 Å². The fourth-order valence-electron chi connectivity index (χ4n) is 3.28. The average molecular weight is 259 g/mol. The molecule has 1 aliphatic carbocycles. The zero-order valence-corrected chi connectivity index (χ0v) is 12.3. The summed E-state index contributed by atoms with van der Waals surface area (Å²) in [4.78, 5) is 7.16. The van der Waals surface area contributed by atoms with Crippen molar-refractivity contribution >= 4 is 0 Å². The van der Waals surface area contributed by atoms with Crippen molar-refractivity contribution < 1.29 is 0 Å². The number of nitrogens with zero attached hydrogens (tertiary/aromatic N) is 2. The van der Waals surface area contributed by atoms with Gasteiger partial charge in [-0.3, -0.25) is 9.88 Å². The Labute approximate surface area is 116 Å². The molecule has 2 fully saturated rings. The van der Waals surface area contributed by atoms with Crippen molar-refractivity contribution in [3.8, 4) is 0 Å². The van der Waals surface area contributed by atoms with Crippen molar-refractivity contribution in [1.29, 1.82) is 0 Å². The highest BCUT2D eigenvalue weighted by Gasteiger charge is 2.49. The van der Waals surface area contributed by atoms with Crippen LogP contribution in [0.2, 0.25) is 0 Å². The van der Waals surface area contributed by atoms with E-state index in [0.717, 1.165) is 25.6 Å². The number of aromatic nitrogens is 1. The van der Waals surface area contributed by atoms with Crippen molar-refractivity contribution in [2.75, 3.05) is 13.1 Å². The van der Waals surface area contributed by atoms with Crippen LogP contribution >= 0.6 is 0 Å². The molecule has 104 valence electrons. The molecule has 0 radical (unpaired) electrons. The zero-order chi connectivity index (χ0) is 13.5. The summed E-state index contributed by atoms with van der Waals surface area (Å²) in [7, 11) is 0. The molecule has 3 nitrogen and oxygen atoms in total. The van der Waals surface area contributed by atoms with E-state index < -0.39 is 0 Å². The lowest BCUT2D eigenvalue weighted by molar-refractivity contribution is 0.00432. The van der Waals surface area contributed by atoms with Gasteiger partial charge in [0.1, 0.15) is 0 Å². The van der Waals surface area contributed by atoms with Crippen LogP contribution in [0.25, 0.3) is 0 Å². The van der Waals surface area contributed by atoms with Crippen LogP contribution in [0.15, 0.2) is 24.4 Å². The molecule has 2 aliphatic rings. The molecule has 19 heavy (non-hydrogen) atoms. The maximum atomic E-state index is 4.50. The number of hydrogen-bond donors (Lipinski definition) is 1. The summed E-state index contributed by atoms with van der Waals surface area (Å²) in [6, 6.07) is 6.22. The summed E-state index contributed by atoms with van der Waals surface area (Å²) in [5, 5.41) is 3.72. The molecular formula is C16H25N3. The van der Waals surface area contributed by atoms with E-state index in [1.54, 1.807) is 0 Å². The van der Waals surface area contributed by atoms with Crippen molar-refractivity contribution in [3.05, 3.63) is 30.1 Å². The zero-order valence-electron chi connectivity index (χ0n) is 12.3. The van der Waals surface area contributed by atoms with Gasteiger partial charge in [0.2, 0.25) is 0 Å². The van der Waals surface area contributed by atoms with Crippen molar-refractivity contribution in [2.24, 2.45) is 5.92 Å². The standard InChI is InChI=1S/C16H25N3/c1-15(2)12-19(10-14-6-4-5-9-17-14)16(3,11-18-15)13-7-8-13/h4-6,9,13,18H,7-8,10-12H2,1-3H3. The van der Waals surface area contributed by atoms with Crippen molar-refractivity contribution in [3.63, 3.8) is 0 Å². The molecule has 0 spiro atoms. The van der Waals surface area contributed by atoms with Gasteiger partial charge < -0.3 is 5.32 Å². The molecule has 1 saturated carbocycles. The highest BCUT2D eigenvalue weighted by atomic mass is 15.3. The smallest absolute Gasteiger partial charge is 0.0544 e. The van der Waals surface area contributed by atoms with Crippen LogP contribution in [-0.4, -0.2) is 34.1 Å². The summed E-state index contributed by atoms with van der Waals surface area (Å²) in [5.74, 6) is 0.861. The van der Waals surface area contributed by atoms with Crippen molar-refractivity contribution in [2.45, 2.75) is 51.2 Å². The first-order chi connectivity index (χ1) is 9.00. The van der Waals surface area contributed by atoms with Gasteiger partial charge in [-0.2, -0.15) is 0 Å². The predicted octanol–water partition coefficient (Wildman–Crippen LogP) is 2.43. The summed E-state index contributed by atoms with van der Waals surface area (Å²) < 4.78 is 0. The van der Waals surface area contributed by atoms with Gasteiger partial charge in [-0.25, -0.2) is 0 Å². The minimum Gasteiger partial charge on any atom is -0.309 e. The molecule has 0 aromatic carbocycles. The minimum atomic E-state index is 0.198. The summed E-state index contributed by atoms with van der Waals surface area (Å²) >= 11 is 0. The van der Waals surface area contributed by atoms with E-state index in [1.807, 2.05) is 12.3 Å². The predicted molar refractivity (Wildman–Crippen MR) is 77.9 cm³/mol. The first-order valence-electron chi connectivity index (χ1n) is 7.40. The lowest BCUT2D eigenvalue weighted by Crippen LogP contribution is -2.67. The Morgan fingerprint density at radius 2 is 2.11 bits per heavy atom. The van der Waals surface area contributed by atoms with Gasteiger partial charge >= 0.3 is 0 Å². The topological polar surface area (TPSA) is 28.2 Å². The van der Waals surface area contributed by atoms with E-state index in [9.17, 15) is 0 Å². The Morgan fingerprint density at radius 3 is 2.74 bits per heavy atom. The molecular weight excluding hydrogens is 234 g/mol. The van der Waals surface area contributed by atoms with Crippen LogP contribution in [0.1, 0.15) is 39.3 Å². The second kappa shape index (κ2) is 4.57. The third kappa shape index (κ3) is 2.67. The van der Waals surface area contributed by atoms with Gasteiger partial charge in [-0.05, 0) is 51.7 Å². The molecule has 1 atom stereocenters. The van der Waals surface area contributed by atoms with Crippen LogP contribution in [0, 0.1) is 5.92 Å². The summed E-state index contributed by atoms with van der Waals surface area (Å²) in [6.07, 6.45) is 4.67. The molecule has 3 rings (SSSR count). The molecule has 3 heteroatoms. The van der Waals surface area contributed by atoms with Gasteiger partial charge in [-0.15, -0.1) is 0 Å². The van der Waals surface area contributed by atoms with Gasteiger partial charge in [0, 0.05) is 36.9 Å². The fraction of sp³-hybridized carbons (Fsp3) is 0.688. The first-order valence-corrected chi connectivity index (χ1v) is 7.40. The van der Waals surface area contributed by atoms with Crippen LogP contribution in [0.5, 0.6) is 0 Å². The van der Waals surface area contributed by atoms with Gasteiger partial charge in [0.05, 0.1) is 5.69 Å². The monoisotopic (exact) mass is 259 g/mol. The van der Waals surface area contributed by atoms with Gasteiger partial charge in [0.15, 0.2) is 0 Å². The molecule has 0 bridgehead atoms. The Balaban J connectivity index is 1.81. The normalized spacial score (nSPS) is 31.3. The van der Waals surface area contributed by atoms with E-state index in [0.29, 0.717) is 5.54 Å². The lowest BCUT2D eigenvalue weighted by Gasteiger charge is -2.51. The highest BCUT2D eigenvalue weighted by molar-refractivity contribution is 5.10. The van der Waals surface area contributed by atoms with Crippen molar-refractivity contribution in [1.82, 2.24) is 15.2 Å². The van der Waals surface area contributed by atoms with E-state index >= 15 is 0 Å². The molecule has 1 aromatic rings. The summed E-state index contributed by atoms with van der Waals surface area (Å²) in [6.45, 7) is 10.2. The Morgan fingerprint density at radius 1 is 1.32 bits per heavy atom. The maximum absolute atomic E-state index is 4.50. The van der Waals surface area contributed by atoms with Crippen LogP contribution < -0.4 is 5.32 Å². The Kier molecular flexibility index (Phi) is 3.14. The Bertz CT molecular complexity index is 439. The number of nitrogens with one attached hydrogen (secondary N) is 1. The van der Waals surface area contributed by atoms with Gasteiger partial charge in [-0.1, -0.05) is 6.07 Å². The molecule has 1 aliphatic heterocycles. The maximum Gasteiger partial charge on any atom is 0.0544 e. The van der Waals surface area contributed by atoms with Crippen LogP contribution in [0.3, 0.4) is 0 Å². The number of piperazine rings is 1. The molecule has 1 unspecified atom stereocenters. The fourth-order valence-corrected chi connectivity index (χ4v) is 3.28. The van der Waals surface area contributed by atoms with E-state index in [1.165, 1.54) is 18.5 Å². The summed E-state index contributed by atoms with van der Waals surface area (Å²) in [5.41, 5.74) is 1.68. The first kappa shape index (κ1) is 13.1. The van der Waals surface area contributed by atoms with E-state index in [-0.39, 0.29) is 5.54 Å². The second-order valence-corrected chi connectivity index (χ2v) is 7.05.